The molecule has 304 valence electrons. The number of allylic oxidation sites excluding steroid dienone is 4. The second-order valence-corrected chi connectivity index (χ2v) is 16.0. The average Bonchev–Trinajstić information content (AvgIpc) is 3.10. The Labute approximate surface area is 321 Å². The quantitative estimate of drug-likeness (QED) is 0.0294. The second-order valence-electron chi connectivity index (χ2n) is 16.0. The number of carbonyl (C=O) groups is 3. The Balaban J connectivity index is 4.33. The van der Waals surface area contributed by atoms with E-state index in [9.17, 15) is 19.5 Å². The number of likely N-dealkylation sites (N-methyl/N-ethyl adjacent to an activating group) is 1. The van der Waals surface area contributed by atoms with Gasteiger partial charge in [-0.3, -0.25) is 14.4 Å². The molecule has 1 N–H and O–H groups in total. The second kappa shape index (κ2) is 35.9. The van der Waals surface area contributed by atoms with Crippen LogP contribution in [0.1, 0.15) is 201 Å². The molecule has 2 atom stereocenters. The fourth-order valence-corrected chi connectivity index (χ4v) is 6.75. The van der Waals surface area contributed by atoms with Crippen molar-refractivity contribution in [1.82, 2.24) is 0 Å². The molecule has 7 heteroatoms. The van der Waals surface area contributed by atoms with Crippen molar-refractivity contribution in [3.05, 3.63) is 24.3 Å². The minimum Gasteiger partial charge on any atom is -0.481 e. The minimum absolute atomic E-state index is 0.00511. The van der Waals surface area contributed by atoms with Crippen molar-refractivity contribution in [2.24, 2.45) is 5.92 Å². The monoisotopic (exact) mass is 735 g/mol. The van der Waals surface area contributed by atoms with Gasteiger partial charge in [-0.25, -0.2) is 0 Å². The summed E-state index contributed by atoms with van der Waals surface area (Å²) in [5, 5.41) is 9.42. The summed E-state index contributed by atoms with van der Waals surface area (Å²) < 4.78 is 11.8. The molecule has 2 unspecified atom stereocenters. The van der Waals surface area contributed by atoms with E-state index in [1.165, 1.54) is 116 Å². The first kappa shape index (κ1) is 49.9. The summed E-state index contributed by atoms with van der Waals surface area (Å²) in [5.41, 5.74) is 0. The van der Waals surface area contributed by atoms with Crippen LogP contribution in [-0.2, 0) is 23.9 Å². The Morgan fingerprint density at radius 1 is 0.538 bits per heavy atom. The lowest BCUT2D eigenvalue weighted by Gasteiger charge is -2.34. The third-order valence-electron chi connectivity index (χ3n) is 9.90. The fraction of sp³-hybridized carbons (Fsp3) is 0.844. The SMILES string of the molecule is CCCCCCCCC=CCCCCCCCC(=O)OCC(C[N+](C)(C)CC(C)C(=O)O)OC(=O)CCCCCCC/C=C\CCCCCCCC. The molecule has 0 aromatic rings. The van der Waals surface area contributed by atoms with Gasteiger partial charge in [0.2, 0.25) is 0 Å². The molecule has 52 heavy (non-hydrogen) atoms. The van der Waals surface area contributed by atoms with Crippen LogP contribution < -0.4 is 0 Å². The van der Waals surface area contributed by atoms with Gasteiger partial charge in [-0.1, -0.05) is 141 Å². The predicted octanol–water partition coefficient (Wildman–Crippen LogP) is 12.3. The molecule has 0 amide bonds. The van der Waals surface area contributed by atoms with Crippen LogP contribution in [0.4, 0.5) is 0 Å². The van der Waals surface area contributed by atoms with Crippen LogP contribution in [0.2, 0.25) is 0 Å². The van der Waals surface area contributed by atoms with Crippen molar-refractivity contribution in [1.29, 1.82) is 0 Å². The number of carboxylic acid groups (broad SMARTS) is 1. The van der Waals surface area contributed by atoms with Gasteiger partial charge < -0.3 is 19.1 Å². The van der Waals surface area contributed by atoms with Crippen molar-refractivity contribution in [3.63, 3.8) is 0 Å². The number of quaternary nitrogens is 1. The third kappa shape index (κ3) is 34.9. The summed E-state index contributed by atoms with van der Waals surface area (Å²) in [7, 11) is 3.86. The highest BCUT2D eigenvalue weighted by atomic mass is 16.6. The highest BCUT2D eigenvalue weighted by molar-refractivity contribution is 5.70. The summed E-state index contributed by atoms with van der Waals surface area (Å²) in [4.78, 5) is 36.9. The number of hydrogen-bond donors (Lipinski definition) is 1. The van der Waals surface area contributed by atoms with E-state index in [1.807, 2.05) is 14.1 Å². The van der Waals surface area contributed by atoms with E-state index in [2.05, 4.69) is 38.2 Å². The lowest BCUT2D eigenvalue weighted by Crippen LogP contribution is -2.51. The summed E-state index contributed by atoms with van der Waals surface area (Å²) in [6.45, 7) is 6.98. The maximum absolute atomic E-state index is 12.8. The highest BCUT2D eigenvalue weighted by Crippen LogP contribution is 2.15. The maximum Gasteiger partial charge on any atom is 0.311 e. The zero-order valence-corrected chi connectivity index (χ0v) is 34.8. The number of esters is 2. The number of rotatable bonds is 38. The van der Waals surface area contributed by atoms with E-state index in [0.29, 0.717) is 30.4 Å². The van der Waals surface area contributed by atoms with E-state index in [0.717, 1.165) is 51.4 Å². The first-order valence-corrected chi connectivity index (χ1v) is 21.8. The predicted molar refractivity (Wildman–Crippen MR) is 218 cm³/mol. The van der Waals surface area contributed by atoms with Gasteiger partial charge in [0.05, 0.1) is 20.6 Å². The van der Waals surface area contributed by atoms with E-state index in [-0.39, 0.29) is 18.5 Å². The molecule has 0 aromatic carbocycles. The Morgan fingerprint density at radius 3 is 1.31 bits per heavy atom. The van der Waals surface area contributed by atoms with Crippen LogP contribution >= 0.6 is 0 Å². The minimum atomic E-state index is -0.852. The smallest absolute Gasteiger partial charge is 0.311 e. The molecule has 0 aliphatic heterocycles. The maximum atomic E-state index is 12.8. The molecular weight excluding hydrogens is 650 g/mol. The molecule has 0 aromatic heterocycles. The molecule has 0 saturated heterocycles. The topological polar surface area (TPSA) is 89.9 Å². The van der Waals surface area contributed by atoms with Crippen molar-refractivity contribution < 1.29 is 33.4 Å². The van der Waals surface area contributed by atoms with Crippen molar-refractivity contribution >= 4 is 17.9 Å². The molecule has 0 heterocycles. The Bertz CT molecular complexity index is 913. The summed E-state index contributed by atoms with van der Waals surface area (Å²) >= 11 is 0. The Kier molecular flexibility index (Phi) is 34.4. The zero-order valence-electron chi connectivity index (χ0n) is 34.8. The molecule has 0 bridgehead atoms. The van der Waals surface area contributed by atoms with Gasteiger partial charge >= 0.3 is 17.9 Å². The number of ether oxygens (including phenoxy) is 2. The summed E-state index contributed by atoms with van der Waals surface area (Å²) in [6, 6.07) is 0. The van der Waals surface area contributed by atoms with Gasteiger partial charge in [-0.05, 0) is 71.1 Å². The number of nitrogens with zero attached hydrogens (tertiary/aromatic N) is 1. The van der Waals surface area contributed by atoms with Crippen LogP contribution in [0.3, 0.4) is 0 Å². The molecule has 0 saturated carbocycles. The van der Waals surface area contributed by atoms with Gasteiger partial charge in [-0.15, -0.1) is 0 Å². The first-order chi connectivity index (χ1) is 25.1. The highest BCUT2D eigenvalue weighted by Gasteiger charge is 2.30. The summed E-state index contributed by atoms with van der Waals surface area (Å²) in [5.74, 6) is -1.93. The molecule has 7 nitrogen and oxygen atoms in total. The molecular formula is C45H84NO6+. The largest absolute Gasteiger partial charge is 0.481 e. The lowest BCUT2D eigenvalue weighted by molar-refractivity contribution is -0.895. The van der Waals surface area contributed by atoms with Gasteiger partial charge in [-0.2, -0.15) is 0 Å². The number of carbonyl (C=O) groups excluding carboxylic acids is 2. The molecule has 0 radical (unpaired) electrons. The van der Waals surface area contributed by atoms with E-state index < -0.39 is 18.0 Å². The van der Waals surface area contributed by atoms with Gasteiger partial charge in [0, 0.05) is 12.8 Å². The van der Waals surface area contributed by atoms with Crippen molar-refractivity contribution in [3.8, 4) is 0 Å². The molecule has 0 spiro atoms. The number of hydrogen-bond acceptors (Lipinski definition) is 5. The first-order valence-electron chi connectivity index (χ1n) is 21.8. The van der Waals surface area contributed by atoms with Crippen molar-refractivity contribution in [2.75, 3.05) is 33.8 Å². The normalized spacial score (nSPS) is 13.2. The molecule has 0 rings (SSSR count). The fourth-order valence-electron chi connectivity index (χ4n) is 6.75. The molecule has 0 fully saturated rings. The zero-order chi connectivity index (χ0) is 38.5. The number of aliphatic carboxylic acids is 1. The Hall–Kier alpha value is -2.15. The average molecular weight is 735 g/mol. The van der Waals surface area contributed by atoms with E-state index in [4.69, 9.17) is 9.47 Å². The third-order valence-corrected chi connectivity index (χ3v) is 9.90. The van der Waals surface area contributed by atoms with Gasteiger partial charge in [0.1, 0.15) is 19.1 Å². The van der Waals surface area contributed by atoms with Gasteiger partial charge in [0.15, 0.2) is 6.10 Å². The van der Waals surface area contributed by atoms with Crippen molar-refractivity contribution in [2.45, 2.75) is 207 Å². The van der Waals surface area contributed by atoms with Crippen LogP contribution in [0.5, 0.6) is 0 Å². The Morgan fingerprint density at radius 2 is 0.904 bits per heavy atom. The lowest BCUT2D eigenvalue weighted by atomic mass is 10.1. The van der Waals surface area contributed by atoms with Crippen LogP contribution in [-0.4, -0.2) is 67.4 Å². The van der Waals surface area contributed by atoms with Crippen LogP contribution in [0, 0.1) is 5.92 Å². The van der Waals surface area contributed by atoms with Crippen LogP contribution in [0.25, 0.3) is 0 Å². The number of carboxylic acids is 1. The molecule has 0 aliphatic carbocycles. The van der Waals surface area contributed by atoms with E-state index >= 15 is 0 Å². The summed E-state index contributed by atoms with van der Waals surface area (Å²) in [6.07, 6.45) is 40.7. The van der Waals surface area contributed by atoms with Crippen LogP contribution in [0.15, 0.2) is 24.3 Å². The standard InChI is InChI=1S/C45H83NO6/c1-6-8-10-12-14-16-18-20-22-24-26-28-30-32-34-36-43(47)51-40-42(39-46(4,5)38-41(3)45(49)50)52-44(48)37-35-33-31-29-27-25-23-21-19-17-15-13-11-9-7-2/h20-23,41-42H,6-19,24-40H2,1-5H3/p+1/b22-20?,23-21-. The number of unbranched alkanes of at least 4 members (excludes halogenated alkanes) is 22. The van der Waals surface area contributed by atoms with E-state index in [1.54, 1.807) is 6.92 Å². The van der Waals surface area contributed by atoms with Gasteiger partial charge in [0.25, 0.3) is 0 Å². The molecule has 0 aliphatic rings.